The van der Waals surface area contributed by atoms with Gasteiger partial charge in [-0.05, 0) is 81.0 Å². The smallest absolute Gasteiger partial charge is 0.255 e. The molecule has 2 aromatic rings. The van der Waals surface area contributed by atoms with Gasteiger partial charge < -0.3 is 30.7 Å². The van der Waals surface area contributed by atoms with Gasteiger partial charge in [-0.1, -0.05) is 38.8 Å². The summed E-state index contributed by atoms with van der Waals surface area (Å²) in [6.07, 6.45) is 3.84. The van der Waals surface area contributed by atoms with Crippen molar-refractivity contribution in [2.75, 3.05) is 35.4 Å². The number of methoxy groups -OCH3 is 1. The molecule has 0 unspecified atom stereocenters. The fourth-order valence-corrected chi connectivity index (χ4v) is 4.39. The summed E-state index contributed by atoms with van der Waals surface area (Å²) in [5.74, 6) is 0.373. The van der Waals surface area contributed by atoms with Crippen LogP contribution in [0.3, 0.4) is 0 Å². The number of anilines is 3. The topological polar surface area (TPSA) is 91.7 Å². The summed E-state index contributed by atoms with van der Waals surface area (Å²) >= 11 is 1.47. The second-order valence-corrected chi connectivity index (χ2v) is 11.5. The minimum Gasteiger partial charge on any atom is -0.492 e. The number of nitrogens with two attached hydrogens (primary N) is 1. The number of benzene rings is 2. The average molecular weight is 540 g/mol. The number of carbonyl (C=O) groups excluding carboxylic acids is 1. The quantitative estimate of drug-likeness (QED) is 0.196. The van der Waals surface area contributed by atoms with E-state index in [0.29, 0.717) is 28.7 Å². The Labute approximate surface area is 233 Å². The summed E-state index contributed by atoms with van der Waals surface area (Å²) in [6.45, 7) is 16.7. The van der Waals surface area contributed by atoms with Gasteiger partial charge in [-0.3, -0.25) is 4.79 Å². The molecule has 0 heterocycles. The summed E-state index contributed by atoms with van der Waals surface area (Å²) in [5, 5.41) is 6.48. The Kier molecular flexibility index (Phi) is 10.6. The number of hydrogen-bond donors (Lipinski definition) is 4. The minimum atomic E-state index is -0.218. The monoisotopic (exact) mass is 539 g/mol. The zero-order chi connectivity index (χ0) is 28.8. The van der Waals surface area contributed by atoms with E-state index in [9.17, 15) is 4.79 Å². The maximum Gasteiger partial charge on any atom is 0.255 e. The Balaban J connectivity index is 2.43. The molecular formula is C30H45N5O2S. The third-order valence-corrected chi connectivity index (χ3v) is 6.73. The van der Waals surface area contributed by atoms with E-state index in [1.165, 1.54) is 11.9 Å². The molecule has 0 aliphatic carbocycles. The van der Waals surface area contributed by atoms with Crippen molar-refractivity contribution in [3.8, 4) is 5.75 Å². The van der Waals surface area contributed by atoms with E-state index in [1.807, 2.05) is 69.4 Å². The molecule has 5 N–H and O–H groups in total. The number of nitrogens with one attached hydrogen (secondary N) is 3. The number of allylic oxidation sites excluding steroid dienone is 2. The Morgan fingerprint density at radius 1 is 1.13 bits per heavy atom. The maximum atomic E-state index is 13.5. The van der Waals surface area contributed by atoms with Crippen LogP contribution in [0.2, 0.25) is 0 Å². The van der Waals surface area contributed by atoms with E-state index in [0.717, 1.165) is 33.8 Å². The minimum absolute atomic E-state index is 0.109. The lowest BCUT2D eigenvalue weighted by Gasteiger charge is -2.24. The predicted octanol–water partition coefficient (Wildman–Crippen LogP) is 6.77. The van der Waals surface area contributed by atoms with E-state index in [-0.39, 0.29) is 11.3 Å². The summed E-state index contributed by atoms with van der Waals surface area (Å²) in [7, 11) is 3.54. The number of rotatable bonds is 10. The van der Waals surface area contributed by atoms with Gasteiger partial charge in [-0.15, -0.1) is 0 Å². The van der Waals surface area contributed by atoms with Gasteiger partial charge in [0.2, 0.25) is 0 Å². The average Bonchev–Trinajstić information content (AvgIpc) is 2.82. The molecule has 0 atom stereocenters. The first-order valence-electron chi connectivity index (χ1n) is 12.8. The van der Waals surface area contributed by atoms with Crippen molar-refractivity contribution in [3.05, 3.63) is 70.2 Å². The van der Waals surface area contributed by atoms with E-state index in [2.05, 4.69) is 56.0 Å². The Hall–Kier alpha value is -3.26. The van der Waals surface area contributed by atoms with Crippen LogP contribution in [-0.4, -0.2) is 32.4 Å². The SMILES string of the molecule is COc1c(NSC)cc(C(C)(C)C)cc1NC(=O)c1ccc(C)c(N(C)/C=C(N)/C(C)=C(\C)NC(C)C)c1. The van der Waals surface area contributed by atoms with Gasteiger partial charge in [0, 0.05) is 42.5 Å². The zero-order valence-corrected chi connectivity index (χ0v) is 25.6. The number of carbonyl (C=O) groups is 1. The summed E-state index contributed by atoms with van der Waals surface area (Å²) in [4.78, 5) is 15.4. The van der Waals surface area contributed by atoms with Gasteiger partial charge in [0.15, 0.2) is 5.75 Å². The van der Waals surface area contributed by atoms with Crippen LogP contribution in [-0.2, 0) is 5.41 Å². The molecule has 0 bridgehead atoms. The largest absolute Gasteiger partial charge is 0.492 e. The van der Waals surface area contributed by atoms with Crippen LogP contribution in [0.4, 0.5) is 17.1 Å². The number of amides is 1. The van der Waals surface area contributed by atoms with Crippen molar-refractivity contribution in [1.82, 2.24) is 5.32 Å². The van der Waals surface area contributed by atoms with E-state index < -0.39 is 0 Å². The van der Waals surface area contributed by atoms with Crippen molar-refractivity contribution in [3.63, 3.8) is 0 Å². The van der Waals surface area contributed by atoms with E-state index in [1.54, 1.807) is 7.11 Å². The molecule has 8 heteroatoms. The standard InChI is InChI=1S/C30H45N5O2S/c1-18(2)32-21(5)20(4)24(31)17-35(9)27-14-22(13-12-19(27)3)29(36)33-25-15-23(30(6,7)8)16-26(34-38-11)28(25)37-10/h12-18,32,34H,31H2,1-11H3,(H,33,36)/b21-20+,24-17-. The number of nitrogens with zero attached hydrogens (tertiary/aromatic N) is 1. The predicted molar refractivity (Wildman–Crippen MR) is 165 cm³/mol. The van der Waals surface area contributed by atoms with Crippen LogP contribution in [0, 0.1) is 6.92 Å². The fraction of sp³-hybridized carbons (Fsp3) is 0.433. The second kappa shape index (κ2) is 13.0. The first kappa shape index (κ1) is 31.0. The van der Waals surface area contributed by atoms with Crippen molar-refractivity contribution in [2.45, 2.75) is 66.8 Å². The Morgan fingerprint density at radius 2 is 1.76 bits per heavy atom. The number of ether oxygens (including phenoxy) is 1. The van der Waals surface area contributed by atoms with Crippen LogP contribution in [0.1, 0.15) is 70.0 Å². The molecule has 0 saturated heterocycles. The molecule has 38 heavy (non-hydrogen) atoms. The van der Waals surface area contributed by atoms with Crippen LogP contribution in [0.15, 0.2) is 53.5 Å². The van der Waals surface area contributed by atoms with Crippen molar-refractivity contribution in [2.24, 2.45) is 5.73 Å². The molecular weight excluding hydrogens is 494 g/mol. The lowest BCUT2D eigenvalue weighted by atomic mass is 9.86. The molecule has 0 aromatic heterocycles. The molecule has 0 spiro atoms. The van der Waals surface area contributed by atoms with Crippen molar-refractivity contribution in [1.29, 1.82) is 0 Å². The molecule has 0 aliphatic rings. The molecule has 0 aliphatic heterocycles. The highest BCUT2D eigenvalue weighted by Gasteiger charge is 2.21. The van der Waals surface area contributed by atoms with Crippen molar-refractivity contribution < 1.29 is 9.53 Å². The van der Waals surface area contributed by atoms with E-state index >= 15 is 0 Å². The van der Waals surface area contributed by atoms with Gasteiger partial charge >= 0.3 is 0 Å². The van der Waals surface area contributed by atoms with Gasteiger partial charge in [-0.25, -0.2) is 0 Å². The molecule has 1 amide bonds. The molecule has 0 saturated carbocycles. The number of hydrogen-bond acceptors (Lipinski definition) is 7. The summed E-state index contributed by atoms with van der Waals surface area (Å²) in [6, 6.07) is 10.0. The van der Waals surface area contributed by atoms with Crippen LogP contribution >= 0.6 is 11.9 Å². The summed E-state index contributed by atoms with van der Waals surface area (Å²) < 4.78 is 8.97. The van der Waals surface area contributed by atoms with Crippen LogP contribution in [0.5, 0.6) is 5.75 Å². The van der Waals surface area contributed by atoms with Gasteiger partial charge in [0.1, 0.15) is 0 Å². The Bertz CT molecular complexity index is 1210. The highest BCUT2D eigenvalue weighted by Crippen LogP contribution is 2.39. The fourth-order valence-electron chi connectivity index (χ4n) is 4.02. The Morgan fingerprint density at radius 3 is 2.32 bits per heavy atom. The molecule has 2 aromatic carbocycles. The molecule has 7 nitrogen and oxygen atoms in total. The zero-order valence-electron chi connectivity index (χ0n) is 24.8. The van der Waals surface area contributed by atoms with Crippen LogP contribution < -0.4 is 30.7 Å². The molecule has 0 radical (unpaired) electrons. The van der Waals surface area contributed by atoms with Crippen LogP contribution in [0.25, 0.3) is 0 Å². The van der Waals surface area contributed by atoms with Gasteiger partial charge in [0.25, 0.3) is 5.91 Å². The highest BCUT2D eigenvalue weighted by atomic mass is 32.2. The highest BCUT2D eigenvalue weighted by molar-refractivity contribution is 7.99. The summed E-state index contributed by atoms with van der Waals surface area (Å²) in [5.41, 5.74) is 14.0. The second-order valence-electron chi connectivity index (χ2n) is 10.9. The lowest BCUT2D eigenvalue weighted by Crippen LogP contribution is -2.23. The van der Waals surface area contributed by atoms with Crippen molar-refractivity contribution >= 4 is 34.9 Å². The third-order valence-electron chi connectivity index (χ3n) is 6.30. The first-order chi connectivity index (χ1) is 17.7. The normalized spacial score (nSPS) is 12.7. The van der Waals surface area contributed by atoms with Gasteiger partial charge in [0.05, 0.1) is 24.2 Å². The number of aryl methyl sites for hydroxylation is 1. The van der Waals surface area contributed by atoms with Gasteiger partial charge in [-0.2, -0.15) is 0 Å². The third kappa shape index (κ3) is 7.87. The first-order valence-corrected chi connectivity index (χ1v) is 14.0. The molecule has 0 fully saturated rings. The maximum absolute atomic E-state index is 13.5. The molecule has 2 rings (SSSR count). The molecule has 208 valence electrons. The lowest BCUT2D eigenvalue weighted by molar-refractivity contribution is 0.102. The van der Waals surface area contributed by atoms with E-state index in [4.69, 9.17) is 10.5 Å².